The number of carbonyl (C=O) groups excluding carboxylic acids is 2. The van der Waals surface area contributed by atoms with Gasteiger partial charge < -0.3 is 18.9 Å². The van der Waals surface area contributed by atoms with Crippen LogP contribution in [0.5, 0.6) is 0 Å². The highest BCUT2D eigenvalue weighted by Crippen LogP contribution is 2.32. The standard InChI is InChI=1S/C32H42N2O4/c1-6-7-11-29-27(21-23-13-15-25(16-14-23)30(35)37-5)26-10-8-9-12-28(26)34(29)22-24-17-19-33(20-18-24)31(36)38-32(2,3)4/h8-10,12-16,24H,6-7,11,17-22H2,1-5H3. The molecule has 0 N–H and O–H groups in total. The maximum atomic E-state index is 12.6. The molecule has 1 saturated heterocycles. The number of piperidine rings is 1. The van der Waals surface area contributed by atoms with Crippen molar-refractivity contribution in [3.8, 4) is 0 Å². The van der Waals surface area contributed by atoms with Gasteiger partial charge in [0.25, 0.3) is 0 Å². The predicted molar refractivity (Wildman–Crippen MR) is 152 cm³/mol. The minimum absolute atomic E-state index is 0.202. The summed E-state index contributed by atoms with van der Waals surface area (Å²) in [6.45, 7) is 10.4. The highest BCUT2D eigenvalue weighted by molar-refractivity contribution is 5.89. The summed E-state index contributed by atoms with van der Waals surface area (Å²) >= 11 is 0. The van der Waals surface area contributed by atoms with E-state index in [4.69, 9.17) is 9.47 Å². The Hall–Kier alpha value is -3.28. The van der Waals surface area contributed by atoms with Crippen LogP contribution in [0.25, 0.3) is 10.9 Å². The molecule has 0 aliphatic carbocycles. The Balaban J connectivity index is 1.58. The number of para-hydroxylation sites is 1. The molecule has 0 unspecified atom stereocenters. The Morgan fingerprint density at radius 3 is 2.32 bits per heavy atom. The first-order valence-electron chi connectivity index (χ1n) is 13.9. The fraction of sp³-hybridized carbons (Fsp3) is 0.500. The van der Waals surface area contributed by atoms with Crippen LogP contribution in [0.3, 0.4) is 0 Å². The molecule has 0 radical (unpaired) electrons. The van der Waals surface area contributed by atoms with Gasteiger partial charge in [0.1, 0.15) is 5.60 Å². The smallest absolute Gasteiger partial charge is 0.410 e. The number of benzene rings is 2. The van der Waals surface area contributed by atoms with Gasteiger partial charge in [-0.2, -0.15) is 0 Å². The molecule has 6 nitrogen and oxygen atoms in total. The number of ether oxygens (including phenoxy) is 2. The molecule has 3 aromatic rings. The lowest BCUT2D eigenvalue weighted by Gasteiger charge is -2.34. The summed E-state index contributed by atoms with van der Waals surface area (Å²) in [4.78, 5) is 26.3. The second-order valence-corrected chi connectivity index (χ2v) is 11.4. The van der Waals surface area contributed by atoms with Crippen molar-refractivity contribution in [3.05, 3.63) is 70.9 Å². The average Bonchev–Trinajstić information content (AvgIpc) is 3.18. The van der Waals surface area contributed by atoms with Crippen molar-refractivity contribution in [3.63, 3.8) is 0 Å². The number of methoxy groups -OCH3 is 1. The number of nitrogens with zero attached hydrogens (tertiary/aromatic N) is 2. The lowest BCUT2D eigenvalue weighted by molar-refractivity contribution is 0.0178. The summed E-state index contributed by atoms with van der Waals surface area (Å²) in [6.07, 6.45) is 5.89. The number of hydrogen-bond donors (Lipinski definition) is 0. The van der Waals surface area contributed by atoms with Crippen LogP contribution in [0.1, 0.15) is 80.6 Å². The van der Waals surface area contributed by atoms with E-state index in [0.717, 1.165) is 58.2 Å². The normalized spacial score (nSPS) is 14.6. The van der Waals surface area contributed by atoms with Crippen LogP contribution < -0.4 is 0 Å². The molecule has 1 amide bonds. The number of unbranched alkanes of at least 4 members (excludes halogenated alkanes) is 1. The molecule has 0 bridgehead atoms. The molecule has 1 fully saturated rings. The largest absolute Gasteiger partial charge is 0.465 e. The van der Waals surface area contributed by atoms with E-state index < -0.39 is 5.60 Å². The van der Waals surface area contributed by atoms with Crippen LogP contribution in [-0.2, 0) is 28.9 Å². The minimum Gasteiger partial charge on any atom is -0.465 e. The van der Waals surface area contributed by atoms with E-state index in [0.29, 0.717) is 11.5 Å². The van der Waals surface area contributed by atoms with Crippen molar-refractivity contribution < 1.29 is 19.1 Å². The topological polar surface area (TPSA) is 60.8 Å². The van der Waals surface area contributed by atoms with E-state index in [1.54, 1.807) is 0 Å². The molecule has 4 rings (SSSR count). The van der Waals surface area contributed by atoms with Gasteiger partial charge in [0.05, 0.1) is 12.7 Å². The van der Waals surface area contributed by atoms with E-state index in [2.05, 4.69) is 35.8 Å². The molecule has 38 heavy (non-hydrogen) atoms. The Morgan fingerprint density at radius 2 is 1.68 bits per heavy atom. The predicted octanol–water partition coefficient (Wildman–Crippen LogP) is 7.01. The van der Waals surface area contributed by atoms with Gasteiger partial charge in [0.15, 0.2) is 0 Å². The Bertz CT molecular complexity index is 1240. The van der Waals surface area contributed by atoms with E-state index >= 15 is 0 Å². The van der Waals surface area contributed by atoms with Crippen molar-refractivity contribution >= 4 is 23.0 Å². The third-order valence-electron chi connectivity index (χ3n) is 7.42. The molecular formula is C32H42N2O4. The van der Waals surface area contributed by atoms with Crippen molar-refractivity contribution in [2.75, 3.05) is 20.2 Å². The first-order valence-corrected chi connectivity index (χ1v) is 13.9. The van der Waals surface area contributed by atoms with Crippen molar-refractivity contribution in [2.45, 2.75) is 78.4 Å². The Morgan fingerprint density at radius 1 is 1.00 bits per heavy atom. The lowest BCUT2D eigenvalue weighted by Crippen LogP contribution is -2.42. The molecule has 0 saturated carbocycles. The van der Waals surface area contributed by atoms with Crippen molar-refractivity contribution in [1.29, 1.82) is 0 Å². The third kappa shape index (κ3) is 6.58. The molecule has 0 atom stereocenters. The van der Waals surface area contributed by atoms with E-state index in [-0.39, 0.29) is 12.1 Å². The number of amides is 1. The summed E-state index contributed by atoms with van der Waals surface area (Å²) in [5.41, 5.74) is 5.37. The van der Waals surface area contributed by atoms with E-state index in [1.807, 2.05) is 49.9 Å². The molecule has 2 heterocycles. The quantitative estimate of drug-likeness (QED) is 0.301. The maximum absolute atomic E-state index is 12.6. The maximum Gasteiger partial charge on any atom is 0.410 e. The number of aromatic nitrogens is 1. The highest BCUT2D eigenvalue weighted by atomic mass is 16.6. The molecule has 1 aliphatic heterocycles. The number of fused-ring (bicyclic) bond motifs is 1. The van der Waals surface area contributed by atoms with Crippen LogP contribution in [0.4, 0.5) is 4.79 Å². The molecule has 2 aromatic carbocycles. The number of carbonyl (C=O) groups is 2. The molecule has 6 heteroatoms. The Labute approximate surface area is 226 Å². The summed E-state index contributed by atoms with van der Waals surface area (Å²) < 4.78 is 13.0. The van der Waals surface area contributed by atoms with Gasteiger partial charge in [-0.15, -0.1) is 0 Å². The highest BCUT2D eigenvalue weighted by Gasteiger charge is 2.28. The van der Waals surface area contributed by atoms with E-state index in [9.17, 15) is 9.59 Å². The van der Waals surface area contributed by atoms with Crippen LogP contribution >= 0.6 is 0 Å². The number of likely N-dealkylation sites (tertiary alicyclic amines) is 1. The number of hydrogen-bond acceptors (Lipinski definition) is 4. The summed E-state index contributed by atoms with van der Waals surface area (Å²) in [5.74, 6) is 0.201. The first kappa shape index (κ1) is 27.7. The van der Waals surface area contributed by atoms with Gasteiger partial charge in [0.2, 0.25) is 0 Å². The van der Waals surface area contributed by atoms with Gasteiger partial charge in [-0.1, -0.05) is 43.7 Å². The fourth-order valence-corrected chi connectivity index (χ4v) is 5.43. The monoisotopic (exact) mass is 518 g/mol. The molecular weight excluding hydrogens is 476 g/mol. The fourth-order valence-electron chi connectivity index (χ4n) is 5.43. The SMILES string of the molecule is CCCCc1c(Cc2ccc(C(=O)OC)cc2)c2ccccc2n1CC1CCN(C(=O)OC(C)(C)C)CC1. The third-order valence-corrected chi connectivity index (χ3v) is 7.42. The summed E-state index contributed by atoms with van der Waals surface area (Å²) in [7, 11) is 1.41. The molecule has 204 valence electrons. The average molecular weight is 519 g/mol. The van der Waals surface area contributed by atoms with Crippen molar-refractivity contribution in [1.82, 2.24) is 9.47 Å². The van der Waals surface area contributed by atoms with Crippen LogP contribution in [-0.4, -0.2) is 47.3 Å². The number of esters is 1. The summed E-state index contributed by atoms with van der Waals surface area (Å²) in [5, 5.41) is 1.31. The second kappa shape index (κ2) is 12.1. The van der Waals surface area contributed by atoms with Gasteiger partial charge in [-0.3, -0.25) is 0 Å². The van der Waals surface area contributed by atoms with Crippen LogP contribution in [0.2, 0.25) is 0 Å². The lowest BCUT2D eigenvalue weighted by atomic mass is 9.96. The zero-order valence-electron chi connectivity index (χ0n) is 23.6. The van der Waals surface area contributed by atoms with Crippen molar-refractivity contribution in [2.24, 2.45) is 5.92 Å². The van der Waals surface area contributed by atoms with Gasteiger partial charge >= 0.3 is 12.1 Å². The minimum atomic E-state index is -0.470. The Kier molecular flexibility index (Phi) is 8.80. The summed E-state index contributed by atoms with van der Waals surface area (Å²) in [6, 6.07) is 16.5. The zero-order valence-corrected chi connectivity index (χ0v) is 23.6. The van der Waals surface area contributed by atoms with Gasteiger partial charge in [0, 0.05) is 36.2 Å². The van der Waals surface area contributed by atoms with E-state index in [1.165, 1.54) is 34.8 Å². The second-order valence-electron chi connectivity index (χ2n) is 11.4. The van der Waals surface area contributed by atoms with Crippen LogP contribution in [0.15, 0.2) is 48.5 Å². The van der Waals surface area contributed by atoms with Gasteiger partial charge in [-0.05, 0) is 88.1 Å². The number of rotatable bonds is 8. The van der Waals surface area contributed by atoms with Gasteiger partial charge in [-0.25, -0.2) is 9.59 Å². The molecule has 1 aromatic heterocycles. The molecule has 0 spiro atoms. The first-order chi connectivity index (χ1) is 18.2. The molecule has 1 aliphatic rings. The zero-order chi connectivity index (χ0) is 27.3. The van der Waals surface area contributed by atoms with Crippen LogP contribution in [0, 0.1) is 5.92 Å².